The van der Waals surface area contributed by atoms with Crippen LogP contribution in [-0.4, -0.2) is 33.4 Å². The number of rotatable bonds is 3. The Morgan fingerprint density at radius 2 is 2.05 bits per heavy atom. The van der Waals surface area contributed by atoms with Gasteiger partial charge in [-0.15, -0.1) is 11.8 Å². The summed E-state index contributed by atoms with van der Waals surface area (Å²) in [5.41, 5.74) is 5.72. The van der Waals surface area contributed by atoms with Crippen LogP contribution in [0.1, 0.15) is 20.8 Å². The molecule has 2 heterocycles. The number of carbonyl (C=O) groups excluding carboxylic acids is 3. The monoisotopic (exact) mass is 318 g/mol. The van der Waals surface area contributed by atoms with E-state index < -0.39 is 23.3 Å². The average molecular weight is 318 g/mol. The molecule has 116 valence electrons. The molecule has 0 saturated carbocycles. The van der Waals surface area contributed by atoms with Gasteiger partial charge in [-0.05, 0) is 23.8 Å². The lowest BCUT2D eigenvalue weighted by Gasteiger charge is -2.38. The highest BCUT2D eigenvalue weighted by molar-refractivity contribution is 8.03. The van der Waals surface area contributed by atoms with Crippen LogP contribution in [0.4, 0.5) is 0 Å². The van der Waals surface area contributed by atoms with Crippen LogP contribution in [0.3, 0.4) is 0 Å². The lowest BCUT2D eigenvalue weighted by atomic mass is 9.85. The minimum absolute atomic E-state index is 0.0780. The summed E-state index contributed by atoms with van der Waals surface area (Å²) < 4.78 is 0. The summed E-state index contributed by atoms with van der Waals surface area (Å²) in [6.07, 6.45) is 5.53. The third-order valence-electron chi connectivity index (χ3n) is 4.93. The second-order valence-corrected chi connectivity index (χ2v) is 7.32. The van der Waals surface area contributed by atoms with Gasteiger partial charge in [-0.1, -0.05) is 32.1 Å². The molecular weight excluding hydrogens is 300 g/mol. The molecule has 3 unspecified atom stereocenters. The second kappa shape index (κ2) is 4.84. The van der Waals surface area contributed by atoms with Crippen molar-refractivity contribution in [1.29, 1.82) is 0 Å². The fourth-order valence-electron chi connectivity index (χ4n) is 3.18. The number of likely N-dealkylation sites (tertiary alicyclic amines) is 1. The number of primary amides is 1. The van der Waals surface area contributed by atoms with Crippen molar-refractivity contribution < 1.29 is 14.4 Å². The third kappa shape index (κ3) is 1.76. The molecule has 22 heavy (non-hydrogen) atoms. The van der Waals surface area contributed by atoms with Gasteiger partial charge in [-0.2, -0.15) is 0 Å². The van der Waals surface area contributed by atoms with E-state index in [9.17, 15) is 14.4 Å². The van der Waals surface area contributed by atoms with E-state index in [1.807, 2.05) is 17.6 Å². The highest BCUT2D eigenvalue weighted by atomic mass is 32.2. The summed E-state index contributed by atoms with van der Waals surface area (Å²) in [5.74, 6) is -2.16. The van der Waals surface area contributed by atoms with E-state index >= 15 is 0 Å². The number of imide groups is 1. The third-order valence-corrected chi connectivity index (χ3v) is 6.06. The van der Waals surface area contributed by atoms with Crippen molar-refractivity contribution in [1.82, 2.24) is 4.90 Å². The van der Waals surface area contributed by atoms with E-state index in [4.69, 9.17) is 5.73 Å². The van der Waals surface area contributed by atoms with Gasteiger partial charge in [-0.25, -0.2) is 0 Å². The molecule has 6 heteroatoms. The quantitative estimate of drug-likeness (QED) is 0.797. The van der Waals surface area contributed by atoms with Crippen LogP contribution in [0, 0.1) is 11.8 Å². The van der Waals surface area contributed by atoms with Crippen LogP contribution < -0.4 is 5.73 Å². The van der Waals surface area contributed by atoms with E-state index in [0.29, 0.717) is 5.57 Å². The molecular formula is C16H18N2O3S. The van der Waals surface area contributed by atoms with Crippen LogP contribution in [0.2, 0.25) is 0 Å². The summed E-state index contributed by atoms with van der Waals surface area (Å²) in [4.78, 5) is 38.8. The van der Waals surface area contributed by atoms with Crippen molar-refractivity contribution in [3.8, 4) is 0 Å². The largest absolute Gasteiger partial charge is 0.368 e. The van der Waals surface area contributed by atoms with Crippen LogP contribution in [0.15, 0.2) is 34.8 Å². The fourth-order valence-corrected chi connectivity index (χ4v) is 4.32. The summed E-state index contributed by atoms with van der Waals surface area (Å²) in [6.45, 7) is 5.15. The number of nitrogens with two attached hydrogens (primary N) is 1. The lowest BCUT2D eigenvalue weighted by Crippen LogP contribution is -2.61. The molecule has 0 radical (unpaired) electrons. The van der Waals surface area contributed by atoms with E-state index in [1.54, 1.807) is 26.8 Å². The molecule has 0 bridgehead atoms. The van der Waals surface area contributed by atoms with Crippen LogP contribution in [-0.2, 0) is 14.4 Å². The van der Waals surface area contributed by atoms with Gasteiger partial charge >= 0.3 is 0 Å². The SMILES string of the molecule is CC(C)C(C)(C(N)=O)N1C(=O)C2=CC=C3C=CSC3C2C1=O. The van der Waals surface area contributed by atoms with Crippen molar-refractivity contribution in [3.63, 3.8) is 0 Å². The molecule has 5 nitrogen and oxygen atoms in total. The predicted molar refractivity (Wildman–Crippen MR) is 84.5 cm³/mol. The fraction of sp³-hybridized carbons (Fsp3) is 0.438. The molecule has 3 atom stereocenters. The first-order valence-corrected chi connectivity index (χ1v) is 8.16. The van der Waals surface area contributed by atoms with Gasteiger partial charge in [0.05, 0.1) is 5.92 Å². The molecule has 0 spiro atoms. The first-order valence-electron chi connectivity index (χ1n) is 7.22. The summed E-state index contributed by atoms with van der Waals surface area (Å²) in [6, 6.07) is 0. The molecule has 1 aliphatic carbocycles. The topological polar surface area (TPSA) is 80.5 Å². The Kier molecular flexibility index (Phi) is 3.32. The number of hydrogen-bond donors (Lipinski definition) is 1. The van der Waals surface area contributed by atoms with Crippen molar-refractivity contribution >= 4 is 29.5 Å². The Labute approximate surface area is 133 Å². The Morgan fingerprint density at radius 3 is 2.64 bits per heavy atom. The number of amides is 3. The molecule has 0 aromatic carbocycles. The Morgan fingerprint density at radius 1 is 1.36 bits per heavy atom. The number of hydrogen-bond acceptors (Lipinski definition) is 4. The number of nitrogens with zero attached hydrogens (tertiary/aromatic N) is 1. The molecule has 2 aliphatic heterocycles. The van der Waals surface area contributed by atoms with Gasteiger partial charge in [0.1, 0.15) is 5.54 Å². The van der Waals surface area contributed by atoms with E-state index in [1.165, 1.54) is 11.8 Å². The minimum Gasteiger partial charge on any atom is -0.368 e. The first kappa shape index (κ1) is 15.1. The second-order valence-electron chi connectivity index (χ2n) is 6.27. The molecule has 0 aromatic heterocycles. The summed E-state index contributed by atoms with van der Waals surface area (Å²) in [5, 5.41) is 1.86. The summed E-state index contributed by atoms with van der Waals surface area (Å²) >= 11 is 1.53. The zero-order valence-electron chi connectivity index (χ0n) is 12.7. The zero-order valence-corrected chi connectivity index (χ0v) is 13.5. The average Bonchev–Trinajstić information content (AvgIpc) is 3.01. The highest BCUT2D eigenvalue weighted by Gasteiger charge is 2.57. The normalized spacial score (nSPS) is 29.2. The minimum atomic E-state index is -1.32. The number of fused-ring (bicyclic) bond motifs is 3. The van der Waals surface area contributed by atoms with Gasteiger partial charge < -0.3 is 5.73 Å². The first-order chi connectivity index (χ1) is 10.3. The molecule has 1 fully saturated rings. The van der Waals surface area contributed by atoms with Gasteiger partial charge in [0.15, 0.2) is 0 Å². The van der Waals surface area contributed by atoms with Crippen molar-refractivity contribution in [2.75, 3.05) is 0 Å². The number of allylic oxidation sites excluding steroid dienone is 3. The lowest BCUT2D eigenvalue weighted by molar-refractivity contribution is -0.154. The van der Waals surface area contributed by atoms with E-state index in [0.717, 1.165) is 10.5 Å². The number of carbonyl (C=O) groups is 3. The Hall–Kier alpha value is -1.82. The van der Waals surface area contributed by atoms with Gasteiger partial charge in [-0.3, -0.25) is 19.3 Å². The Bertz CT molecular complexity index is 677. The highest BCUT2D eigenvalue weighted by Crippen LogP contribution is 2.46. The molecule has 2 N–H and O–H groups in total. The number of thioether (sulfide) groups is 1. The van der Waals surface area contributed by atoms with Gasteiger partial charge in [0, 0.05) is 10.8 Å². The predicted octanol–water partition coefficient (Wildman–Crippen LogP) is 1.37. The maximum atomic E-state index is 12.9. The maximum Gasteiger partial charge on any atom is 0.258 e. The molecule has 0 aromatic rings. The molecule has 1 saturated heterocycles. The van der Waals surface area contributed by atoms with Gasteiger partial charge in [0.25, 0.3) is 5.91 Å². The molecule has 3 amide bonds. The smallest absolute Gasteiger partial charge is 0.258 e. The molecule has 3 aliphatic rings. The van der Waals surface area contributed by atoms with Crippen LogP contribution >= 0.6 is 11.8 Å². The van der Waals surface area contributed by atoms with Crippen molar-refractivity contribution in [3.05, 3.63) is 34.8 Å². The maximum absolute atomic E-state index is 12.9. The van der Waals surface area contributed by atoms with Crippen molar-refractivity contribution in [2.45, 2.75) is 31.6 Å². The zero-order chi connectivity index (χ0) is 16.2. The van der Waals surface area contributed by atoms with Crippen LogP contribution in [0.5, 0.6) is 0 Å². The molecule has 3 rings (SSSR count). The van der Waals surface area contributed by atoms with Gasteiger partial charge in [0.2, 0.25) is 11.8 Å². The summed E-state index contributed by atoms with van der Waals surface area (Å²) in [7, 11) is 0. The standard InChI is InChI=1S/C16H18N2O3S/c1-8(2)16(3,15(17)21)18-13(19)10-5-4-9-6-7-22-12(9)11(10)14(18)20/h4-8,11-12H,1-3H3,(H2,17,21). The van der Waals surface area contributed by atoms with E-state index in [2.05, 4.69) is 0 Å². The van der Waals surface area contributed by atoms with Crippen molar-refractivity contribution in [2.24, 2.45) is 17.6 Å². The van der Waals surface area contributed by atoms with E-state index in [-0.39, 0.29) is 17.1 Å². The Balaban J connectivity index is 2.07. The van der Waals surface area contributed by atoms with Crippen LogP contribution in [0.25, 0.3) is 0 Å².